The van der Waals surface area contributed by atoms with Gasteiger partial charge in [0.05, 0.1) is 37.6 Å². The molecule has 2 aliphatic carbocycles. The third kappa shape index (κ3) is 8.59. The molecule has 2 aliphatic heterocycles. The van der Waals surface area contributed by atoms with Crippen molar-refractivity contribution in [2.75, 3.05) is 26.9 Å². The standard InChI is InChI=1S/C40H53N5O10S/c1-9-24-20-40(24,36(48)44-56(50,51)26-13-14-26)43-34(46)29-17-25-21-45(29)35(47)33(38(3,4)5)42-37(49)54-22-39(6,7)15-11-12-23-16-27-28(18-30(23)52-8)41-32(53-10-2)19-31(27)55-25/h9,11-12,16,18-19,24-26,29,33H,1,10,13-15,17,20-22H2,2-8H3,(H,42,49)(H,43,46)(H,44,48)/b12-11+/t24-,25+,29-,33+,40-/m0/s1. The number of nitrogens with zero attached hydrogens (tertiary/aromatic N) is 2. The first kappa shape index (κ1) is 40.8. The number of hydrogen-bond acceptors (Lipinski definition) is 11. The number of sulfonamides is 1. The average molecular weight is 796 g/mol. The van der Waals surface area contributed by atoms with Crippen LogP contribution in [0.25, 0.3) is 17.0 Å². The van der Waals surface area contributed by atoms with Gasteiger partial charge in [-0.3, -0.25) is 19.1 Å². The molecule has 0 radical (unpaired) electrons. The molecule has 1 aromatic heterocycles. The molecule has 0 unspecified atom stereocenters. The number of carbonyl (C=O) groups excluding carboxylic acids is 4. The maximum atomic E-state index is 14.7. The summed E-state index contributed by atoms with van der Waals surface area (Å²) in [4.78, 5) is 62.0. The van der Waals surface area contributed by atoms with Gasteiger partial charge in [0, 0.05) is 40.8 Å². The summed E-state index contributed by atoms with van der Waals surface area (Å²) in [5, 5.41) is 5.55. The van der Waals surface area contributed by atoms with Crippen LogP contribution in [0.3, 0.4) is 0 Å². The maximum Gasteiger partial charge on any atom is 0.407 e. The summed E-state index contributed by atoms with van der Waals surface area (Å²) in [6.07, 6.45) is 5.43. The lowest BCUT2D eigenvalue weighted by Gasteiger charge is -2.35. The van der Waals surface area contributed by atoms with Gasteiger partial charge in [0.15, 0.2) is 0 Å². The number of fused-ring (bicyclic) bond motifs is 3. The first-order valence-corrected chi connectivity index (χ1v) is 20.6. The Balaban J connectivity index is 1.41. The normalized spacial score (nSPS) is 27.2. The minimum absolute atomic E-state index is 0.000594. The van der Waals surface area contributed by atoms with Crippen molar-refractivity contribution in [2.24, 2.45) is 16.7 Å². The fourth-order valence-electron chi connectivity index (χ4n) is 7.22. The molecule has 2 saturated carbocycles. The van der Waals surface area contributed by atoms with Gasteiger partial charge in [-0.05, 0) is 44.1 Å². The SMILES string of the molecule is C=C[C@H]1C[C@@]1(NC(=O)[C@@H]1C[C@@H]2CN1C(=O)[C@H](C(C)(C)C)NC(=O)OCC(C)(C)C/C=C/c1cc3c(cc(OCC)nc3cc1OC)O2)C(=O)NS(=O)(=O)C1CC1. The van der Waals surface area contributed by atoms with E-state index in [1.54, 1.807) is 40.0 Å². The number of ether oxygens (including phenoxy) is 4. The molecule has 304 valence electrons. The second kappa shape index (κ2) is 15.2. The van der Waals surface area contributed by atoms with Crippen molar-refractivity contribution >= 4 is 50.8 Å². The summed E-state index contributed by atoms with van der Waals surface area (Å²) in [5.41, 5.74) is -1.60. The third-order valence-corrected chi connectivity index (χ3v) is 12.5. The zero-order chi connectivity index (χ0) is 40.8. The monoisotopic (exact) mass is 795 g/mol. The number of nitrogens with one attached hydrogen (secondary N) is 3. The molecule has 4 bridgehead atoms. The van der Waals surface area contributed by atoms with Crippen molar-refractivity contribution in [1.29, 1.82) is 0 Å². The van der Waals surface area contributed by atoms with Crippen molar-refractivity contribution in [3.63, 3.8) is 0 Å². The summed E-state index contributed by atoms with van der Waals surface area (Å²) in [6.45, 7) is 15.2. The second-order valence-corrected chi connectivity index (χ2v) is 18.9. The van der Waals surface area contributed by atoms with Crippen molar-refractivity contribution < 1.29 is 46.5 Å². The highest BCUT2D eigenvalue weighted by Crippen LogP contribution is 2.46. The van der Waals surface area contributed by atoms with Crippen molar-refractivity contribution in [3.05, 3.63) is 42.5 Å². The molecule has 3 fully saturated rings. The molecule has 1 aromatic carbocycles. The minimum atomic E-state index is -3.92. The fourth-order valence-corrected chi connectivity index (χ4v) is 8.58. The average Bonchev–Trinajstić information content (AvgIpc) is 4.05. The number of hydrogen-bond donors (Lipinski definition) is 3. The summed E-state index contributed by atoms with van der Waals surface area (Å²) in [5.74, 6) is -1.36. The number of rotatable bonds is 9. The van der Waals surface area contributed by atoms with E-state index in [0.717, 1.165) is 5.56 Å². The van der Waals surface area contributed by atoms with Gasteiger partial charge in [0.2, 0.25) is 27.7 Å². The van der Waals surface area contributed by atoms with E-state index in [4.69, 9.17) is 18.9 Å². The first-order chi connectivity index (χ1) is 26.3. The predicted octanol–water partition coefficient (Wildman–Crippen LogP) is 4.24. The largest absolute Gasteiger partial charge is 0.496 e. The number of aromatic nitrogens is 1. The molecule has 3 N–H and O–H groups in total. The van der Waals surface area contributed by atoms with Crippen molar-refractivity contribution in [1.82, 2.24) is 25.2 Å². The van der Waals surface area contributed by atoms with Gasteiger partial charge >= 0.3 is 6.09 Å². The van der Waals surface area contributed by atoms with Gasteiger partial charge in [0.25, 0.3) is 5.91 Å². The lowest BCUT2D eigenvalue weighted by Crippen LogP contribution is -2.60. The highest BCUT2D eigenvalue weighted by atomic mass is 32.2. The Morgan fingerprint density at radius 2 is 1.91 bits per heavy atom. The summed E-state index contributed by atoms with van der Waals surface area (Å²) >= 11 is 0. The molecular weight excluding hydrogens is 743 g/mol. The fraction of sp³-hybridized carbons (Fsp3) is 0.575. The van der Waals surface area contributed by atoms with Crippen molar-refractivity contribution in [3.8, 4) is 17.4 Å². The summed E-state index contributed by atoms with van der Waals surface area (Å²) < 4.78 is 51.5. The number of alkyl carbamates (subject to hydrolysis) is 1. The first-order valence-electron chi connectivity index (χ1n) is 19.0. The van der Waals surface area contributed by atoms with Gasteiger partial charge in [-0.25, -0.2) is 18.2 Å². The molecule has 0 spiro atoms. The van der Waals surface area contributed by atoms with Gasteiger partial charge in [-0.2, -0.15) is 0 Å². The molecule has 6 rings (SSSR count). The number of methoxy groups -OCH3 is 1. The van der Waals surface area contributed by atoms with Crippen LogP contribution in [0.4, 0.5) is 4.79 Å². The molecule has 1 saturated heterocycles. The molecule has 56 heavy (non-hydrogen) atoms. The molecule has 4 aliphatic rings. The van der Waals surface area contributed by atoms with E-state index in [9.17, 15) is 27.6 Å². The summed E-state index contributed by atoms with van der Waals surface area (Å²) in [7, 11) is -2.35. The second-order valence-electron chi connectivity index (χ2n) is 17.0. The Bertz CT molecular complexity index is 2060. The topological polar surface area (TPSA) is 192 Å². The highest BCUT2D eigenvalue weighted by Gasteiger charge is 2.62. The zero-order valence-corrected chi connectivity index (χ0v) is 33.9. The minimum Gasteiger partial charge on any atom is -0.496 e. The Hall–Kier alpha value is -4.86. The van der Waals surface area contributed by atoms with Crippen LogP contribution in [0.2, 0.25) is 0 Å². The zero-order valence-electron chi connectivity index (χ0n) is 33.1. The van der Waals surface area contributed by atoms with Gasteiger partial charge in [0.1, 0.15) is 35.2 Å². The van der Waals surface area contributed by atoms with Crippen LogP contribution in [0, 0.1) is 16.7 Å². The van der Waals surface area contributed by atoms with E-state index in [1.165, 1.54) is 11.0 Å². The van der Waals surface area contributed by atoms with Crippen molar-refractivity contribution in [2.45, 2.75) is 103 Å². The number of pyridine rings is 1. The molecule has 2 aromatic rings. The Morgan fingerprint density at radius 1 is 1.18 bits per heavy atom. The van der Waals surface area contributed by atoms with E-state index in [-0.39, 0.29) is 26.0 Å². The van der Waals surface area contributed by atoms with Crippen LogP contribution in [-0.4, -0.2) is 98.0 Å². The van der Waals surface area contributed by atoms with E-state index in [1.807, 2.05) is 39.0 Å². The van der Waals surface area contributed by atoms with Crippen LogP contribution >= 0.6 is 0 Å². The number of cyclic esters (lactones) is 1. The Kier molecular flexibility index (Phi) is 11.1. The van der Waals surface area contributed by atoms with Gasteiger partial charge in [-0.1, -0.05) is 52.8 Å². The van der Waals surface area contributed by atoms with E-state index < -0.39 is 79.6 Å². The smallest absolute Gasteiger partial charge is 0.407 e. The molecule has 5 atom stereocenters. The predicted molar refractivity (Wildman–Crippen MR) is 208 cm³/mol. The Morgan fingerprint density at radius 3 is 2.54 bits per heavy atom. The Labute approximate surface area is 328 Å². The van der Waals surface area contributed by atoms with Crippen LogP contribution in [0.1, 0.15) is 79.2 Å². The van der Waals surface area contributed by atoms with Crippen LogP contribution in [0.5, 0.6) is 17.4 Å². The number of benzene rings is 1. The number of amides is 4. The van der Waals surface area contributed by atoms with Gasteiger partial charge in [-0.15, -0.1) is 6.58 Å². The molecule has 4 amide bonds. The van der Waals surface area contributed by atoms with Crippen LogP contribution in [-0.2, 0) is 29.1 Å². The molecule has 15 nitrogen and oxygen atoms in total. The third-order valence-electron chi connectivity index (χ3n) is 10.7. The van der Waals surface area contributed by atoms with Gasteiger partial charge < -0.3 is 34.5 Å². The molecular formula is C40H53N5O10S. The highest BCUT2D eigenvalue weighted by molar-refractivity contribution is 7.91. The van der Waals surface area contributed by atoms with Crippen LogP contribution < -0.4 is 29.6 Å². The van der Waals surface area contributed by atoms with E-state index in [0.29, 0.717) is 54.2 Å². The van der Waals surface area contributed by atoms with Crippen LogP contribution in [0.15, 0.2) is 36.9 Å². The number of allylic oxidation sites excluding steroid dienone is 1. The maximum absolute atomic E-state index is 14.7. The molecule has 16 heteroatoms. The van der Waals surface area contributed by atoms with E-state index in [2.05, 4.69) is 26.9 Å². The summed E-state index contributed by atoms with van der Waals surface area (Å²) in [6, 6.07) is 3.04. The lowest BCUT2D eigenvalue weighted by atomic mass is 9.85. The number of carbonyl (C=O) groups is 4. The quantitative estimate of drug-likeness (QED) is 0.308. The molecule has 3 heterocycles. The lowest BCUT2D eigenvalue weighted by molar-refractivity contribution is -0.142. The van der Waals surface area contributed by atoms with E-state index >= 15 is 0 Å².